The largest absolute Gasteiger partial charge is 0.391 e. The highest BCUT2D eigenvalue weighted by Crippen LogP contribution is 2.32. The van der Waals surface area contributed by atoms with Crippen molar-refractivity contribution in [3.63, 3.8) is 0 Å². The summed E-state index contributed by atoms with van der Waals surface area (Å²) in [5, 5.41) is 9.57. The van der Waals surface area contributed by atoms with E-state index in [0.29, 0.717) is 5.65 Å². The van der Waals surface area contributed by atoms with Gasteiger partial charge in [-0.3, -0.25) is 4.40 Å². The molecule has 108 valence electrons. The highest BCUT2D eigenvalue weighted by Gasteiger charge is 2.31. The zero-order valence-corrected chi connectivity index (χ0v) is 12.1. The first-order valence-corrected chi connectivity index (χ1v) is 8.15. The molecule has 1 saturated carbocycles. The van der Waals surface area contributed by atoms with Crippen LogP contribution in [0.3, 0.4) is 0 Å². The minimum Gasteiger partial charge on any atom is -0.391 e. The van der Waals surface area contributed by atoms with Crippen molar-refractivity contribution in [1.29, 1.82) is 0 Å². The number of sulfonamides is 1. The summed E-state index contributed by atoms with van der Waals surface area (Å²) < 4.78 is 28.4. The SMILES string of the molecule is O=S(=O)(NCC(O)C1CC1)c1c(Cl)nc2ccccn12. The molecule has 0 aromatic carbocycles. The molecular weight excluding hydrogens is 302 g/mol. The molecule has 1 aliphatic rings. The number of aliphatic hydroxyl groups excluding tert-OH is 1. The standard InChI is InChI=1S/C12H14ClN3O3S/c13-11-12(16-6-2-1-3-10(16)15-11)20(18,19)14-7-9(17)8-4-5-8/h1-3,6,8-9,14,17H,4-5,7H2. The monoisotopic (exact) mass is 315 g/mol. The summed E-state index contributed by atoms with van der Waals surface area (Å²) in [6.07, 6.45) is 2.82. The average Bonchev–Trinajstić information content (AvgIpc) is 3.18. The summed E-state index contributed by atoms with van der Waals surface area (Å²) in [4.78, 5) is 4.00. The number of nitrogens with one attached hydrogen (secondary N) is 1. The maximum Gasteiger partial charge on any atom is 0.259 e. The zero-order chi connectivity index (χ0) is 14.3. The maximum absolute atomic E-state index is 12.3. The summed E-state index contributed by atoms with van der Waals surface area (Å²) in [6.45, 7) is -0.0105. The lowest BCUT2D eigenvalue weighted by molar-refractivity contribution is 0.155. The van der Waals surface area contributed by atoms with Gasteiger partial charge in [0.2, 0.25) is 0 Å². The quantitative estimate of drug-likeness (QED) is 0.863. The Hall–Kier alpha value is -1.15. The fraction of sp³-hybridized carbons (Fsp3) is 0.417. The maximum atomic E-state index is 12.3. The lowest BCUT2D eigenvalue weighted by Crippen LogP contribution is -2.33. The molecule has 1 fully saturated rings. The van der Waals surface area contributed by atoms with Crippen LogP contribution in [0.5, 0.6) is 0 Å². The predicted octanol–water partition coefficient (Wildman–Crippen LogP) is 1.04. The van der Waals surface area contributed by atoms with E-state index < -0.39 is 16.1 Å². The Bertz CT molecular complexity index is 739. The van der Waals surface area contributed by atoms with Gasteiger partial charge in [0, 0.05) is 12.7 Å². The van der Waals surface area contributed by atoms with Crippen molar-refractivity contribution < 1.29 is 13.5 Å². The third-order valence-corrected chi connectivity index (χ3v) is 5.17. The second-order valence-corrected chi connectivity index (χ2v) is 6.93. The molecule has 0 amide bonds. The molecule has 0 radical (unpaired) electrons. The molecule has 2 aromatic rings. The molecule has 2 aromatic heterocycles. The van der Waals surface area contributed by atoms with Gasteiger partial charge in [-0.25, -0.2) is 18.1 Å². The van der Waals surface area contributed by atoms with Crippen LogP contribution >= 0.6 is 11.6 Å². The summed E-state index contributed by atoms with van der Waals surface area (Å²) in [6, 6.07) is 5.12. The number of imidazole rings is 1. The number of aliphatic hydroxyl groups is 1. The molecule has 0 bridgehead atoms. The van der Waals surface area contributed by atoms with E-state index in [1.807, 2.05) is 0 Å². The van der Waals surface area contributed by atoms with Crippen LogP contribution in [0.4, 0.5) is 0 Å². The molecule has 0 aliphatic heterocycles. The van der Waals surface area contributed by atoms with Crippen LogP contribution in [0.15, 0.2) is 29.4 Å². The minimum atomic E-state index is -3.82. The van der Waals surface area contributed by atoms with Crippen LogP contribution in [-0.2, 0) is 10.0 Å². The van der Waals surface area contributed by atoms with Crippen molar-refractivity contribution in [1.82, 2.24) is 14.1 Å². The minimum absolute atomic E-state index is 0.0105. The van der Waals surface area contributed by atoms with Crippen LogP contribution in [0, 0.1) is 5.92 Å². The number of halogens is 1. The van der Waals surface area contributed by atoms with Gasteiger partial charge in [-0.1, -0.05) is 17.7 Å². The van der Waals surface area contributed by atoms with Gasteiger partial charge in [-0.2, -0.15) is 0 Å². The zero-order valence-electron chi connectivity index (χ0n) is 10.5. The Morgan fingerprint density at radius 3 is 2.95 bits per heavy atom. The average molecular weight is 316 g/mol. The summed E-state index contributed by atoms with van der Waals surface area (Å²) in [5.41, 5.74) is 0.459. The van der Waals surface area contributed by atoms with Gasteiger partial charge in [-0.05, 0) is 30.9 Å². The van der Waals surface area contributed by atoms with Crippen LogP contribution in [0.1, 0.15) is 12.8 Å². The number of rotatable bonds is 5. The van der Waals surface area contributed by atoms with Crippen LogP contribution in [0.25, 0.3) is 5.65 Å². The summed E-state index contributed by atoms with van der Waals surface area (Å²) in [5.74, 6) is 0.204. The number of hydrogen-bond acceptors (Lipinski definition) is 4. The molecule has 20 heavy (non-hydrogen) atoms. The molecule has 1 aliphatic carbocycles. The second kappa shape index (κ2) is 5.00. The van der Waals surface area contributed by atoms with E-state index in [1.54, 1.807) is 24.4 Å². The van der Waals surface area contributed by atoms with Crippen molar-refractivity contribution in [2.75, 3.05) is 6.54 Å². The summed E-state index contributed by atoms with van der Waals surface area (Å²) >= 11 is 5.93. The van der Waals surface area contributed by atoms with Crippen LogP contribution < -0.4 is 4.72 Å². The lowest BCUT2D eigenvalue weighted by atomic mass is 10.2. The smallest absolute Gasteiger partial charge is 0.259 e. The third kappa shape index (κ3) is 2.54. The third-order valence-electron chi connectivity index (χ3n) is 3.35. The predicted molar refractivity (Wildman–Crippen MR) is 74.1 cm³/mol. The Labute approximate surface area is 121 Å². The Morgan fingerprint density at radius 1 is 1.50 bits per heavy atom. The van der Waals surface area contributed by atoms with E-state index in [9.17, 15) is 13.5 Å². The molecule has 2 N–H and O–H groups in total. The highest BCUT2D eigenvalue weighted by molar-refractivity contribution is 7.89. The normalized spacial score (nSPS) is 17.5. The van der Waals surface area contributed by atoms with Gasteiger partial charge < -0.3 is 5.11 Å². The molecule has 1 unspecified atom stereocenters. The Kier molecular flexibility index (Phi) is 3.45. The molecule has 2 heterocycles. The first-order valence-electron chi connectivity index (χ1n) is 6.29. The number of nitrogens with zero attached hydrogens (tertiary/aromatic N) is 2. The number of fused-ring (bicyclic) bond motifs is 1. The lowest BCUT2D eigenvalue weighted by Gasteiger charge is -2.11. The molecule has 8 heteroatoms. The van der Waals surface area contributed by atoms with Crippen molar-refractivity contribution in [3.8, 4) is 0 Å². The van der Waals surface area contributed by atoms with Crippen LogP contribution in [0.2, 0.25) is 5.15 Å². The van der Waals surface area contributed by atoms with E-state index in [0.717, 1.165) is 12.8 Å². The number of aromatic nitrogens is 2. The fourth-order valence-corrected chi connectivity index (χ4v) is 3.79. The van der Waals surface area contributed by atoms with E-state index in [-0.39, 0.29) is 22.6 Å². The van der Waals surface area contributed by atoms with Crippen molar-refractivity contribution in [3.05, 3.63) is 29.5 Å². The first-order chi connectivity index (χ1) is 9.49. The molecule has 0 spiro atoms. The van der Waals surface area contributed by atoms with E-state index in [1.165, 1.54) is 4.40 Å². The Balaban J connectivity index is 1.90. The molecule has 6 nitrogen and oxygen atoms in total. The van der Waals surface area contributed by atoms with E-state index in [2.05, 4.69) is 9.71 Å². The molecule has 0 saturated heterocycles. The van der Waals surface area contributed by atoms with Gasteiger partial charge in [0.25, 0.3) is 10.0 Å². The van der Waals surface area contributed by atoms with Gasteiger partial charge in [-0.15, -0.1) is 0 Å². The van der Waals surface area contributed by atoms with Crippen molar-refractivity contribution in [2.45, 2.75) is 24.0 Å². The van der Waals surface area contributed by atoms with Gasteiger partial charge in [0.05, 0.1) is 6.10 Å². The number of pyridine rings is 1. The first kappa shape index (κ1) is 13.8. The van der Waals surface area contributed by atoms with E-state index >= 15 is 0 Å². The topological polar surface area (TPSA) is 83.7 Å². The Morgan fingerprint density at radius 2 is 2.25 bits per heavy atom. The summed E-state index contributed by atoms with van der Waals surface area (Å²) in [7, 11) is -3.82. The molecule has 1 atom stereocenters. The van der Waals surface area contributed by atoms with Gasteiger partial charge >= 0.3 is 0 Å². The fourth-order valence-electron chi connectivity index (χ4n) is 2.10. The molecular formula is C12H14ClN3O3S. The van der Waals surface area contributed by atoms with Crippen molar-refractivity contribution in [2.24, 2.45) is 5.92 Å². The highest BCUT2D eigenvalue weighted by atomic mass is 35.5. The van der Waals surface area contributed by atoms with Gasteiger partial charge in [0.1, 0.15) is 5.65 Å². The van der Waals surface area contributed by atoms with E-state index in [4.69, 9.17) is 11.6 Å². The van der Waals surface area contributed by atoms with Crippen molar-refractivity contribution >= 4 is 27.3 Å². The molecule has 3 rings (SSSR count). The van der Waals surface area contributed by atoms with Crippen LogP contribution in [-0.4, -0.2) is 35.6 Å². The second-order valence-electron chi connectivity index (χ2n) is 4.89. The number of hydrogen-bond donors (Lipinski definition) is 2. The van der Waals surface area contributed by atoms with Gasteiger partial charge in [0.15, 0.2) is 10.2 Å².